The summed E-state index contributed by atoms with van der Waals surface area (Å²) in [5.74, 6) is 0. The Labute approximate surface area is 97.6 Å². The minimum absolute atomic E-state index is 0.0827. The van der Waals surface area contributed by atoms with Crippen LogP contribution in [0.3, 0.4) is 0 Å². The van der Waals surface area contributed by atoms with Gasteiger partial charge in [-0.05, 0) is 19.4 Å². The van der Waals surface area contributed by atoms with Crippen molar-refractivity contribution in [3.8, 4) is 0 Å². The highest BCUT2D eigenvalue weighted by Gasteiger charge is 2.24. The molecule has 16 heavy (non-hydrogen) atoms. The molecule has 0 aromatic heterocycles. The van der Waals surface area contributed by atoms with Crippen LogP contribution < -0.4 is 0 Å². The van der Waals surface area contributed by atoms with E-state index in [1.807, 2.05) is 0 Å². The van der Waals surface area contributed by atoms with E-state index in [0.29, 0.717) is 12.0 Å². The van der Waals surface area contributed by atoms with Crippen LogP contribution in [-0.2, 0) is 15.5 Å². The molecule has 0 radical (unpaired) electrons. The van der Waals surface area contributed by atoms with Gasteiger partial charge in [-0.3, -0.25) is 10.1 Å². The largest absolute Gasteiger partial charge is 0.276 e. The quantitative estimate of drug-likeness (QED) is 0.477. The second kappa shape index (κ2) is 4.39. The fourth-order valence-corrected chi connectivity index (χ4v) is 2.74. The minimum Gasteiger partial charge on any atom is -0.258 e. The van der Waals surface area contributed by atoms with Crippen LogP contribution in [0.25, 0.3) is 0 Å². The van der Waals surface area contributed by atoms with Crippen LogP contribution in [0.4, 0.5) is 5.69 Å². The van der Waals surface area contributed by atoms with E-state index in [1.54, 1.807) is 6.92 Å². The monoisotopic (exact) mass is 263 g/mol. The Kier molecular flexibility index (Phi) is 3.54. The van der Waals surface area contributed by atoms with E-state index in [0.717, 1.165) is 0 Å². The molecule has 1 aromatic rings. The van der Waals surface area contributed by atoms with E-state index in [1.165, 1.54) is 19.1 Å². The van der Waals surface area contributed by atoms with Crippen molar-refractivity contribution in [1.29, 1.82) is 0 Å². The maximum Gasteiger partial charge on any atom is 0.276 e. The van der Waals surface area contributed by atoms with Crippen LogP contribution in [0.2, 0.25) is 0 Å². The molecule has 0 atom stereocenters. The maximum atomic E-state index is 11.2. The van der Waals surface area contributed by atoms with Crippen LogP contribution in [0, 0.1) is 17.0 Å². The number of hydrogen-bond donors (Lipinski definition) is 0. The van der Waals surface area contributed by atoms with E-state index < -0.39 is 14.0 Å². The second-order valence-corrected chi connectivity index (χ2v) is 5.78. The smallest absolute Gasteiger partial charge is 0.258 e. The Morgan fingerprint density at radius 2 is 2.00 bits per heavy atom. The van der Waals surface area contributed by atoms with Gasteiger partial charge in [-0.2, -0.15) is 0 Å². The summed E-state index contributed by atoms with van der Waals surface area (Å²) < 4.78 is 22.3. The molecule has 0 aliphatic heterocycles. The van der Waals surface area contributed by atoms with Gasteiger partial charge >= 0.3 is 0 Å². The summed E-state index contributed by atoms with van der Waals surface area (Å²) in [4.78, 5) is 10.1. The van der Waals surface area contributed by atoms with Crippen molar-refractivity contribution in [2.24, 2.45) is 0 Å². The highest BCUT2D eigenvalue weighted by atomic mass is 35.7. The van der Waals surface area contributed by atoms with Crippen molar-refractivity contribution in [3.63, 3.8) is 0 Å². The molecule has 0 heterocycles. The van der Waals surface area contributed by atoms with Gasteiger partial charge in [0.2, 0.25) is 0 Å². The average molecular weight is 264 g/mol. The lowest BCUT2D eigenvalue weighted by molar-refractivity contribution is -0.386. The standard InChI is InChI=1S/C9H10ClNO4S/c1-3-7-4-5-8(16(10,14)15)6(2)9(7)11(12)13/h4-5H,3H2,1-2H3. The predicted molar refractivity (Wildman–Crippen MR) is 60.3 cm³/mol. The molecule has 0 unspecified atom stereocenters. The molecule has 0 aliphatic rings. The van der Waals surface area contributed by atoms with Crippen LogP contribution in [0.5, 0.6) is 0 Å². The highest BCUT2D eigenvalue weighted by molar-refractivity contribution is 8.13. The van der Waals surface area contributed by atoms with E-state index in [-0.39, 0.29) is 16.1 Å². The molecule has 0 amide bonds. The van der Waals surface area contributed by atoms with Gasteiger partial charge in [0.05, 0.1) is 9.82 Å². The van der Waals surface area contributed by atoms with Crippen LogP contribution in [0.15, 0.2) is 17.0 Å². The van der Waals surface area contributed by atoms with Gasteiger partial charge in [0.25, 0.3) is 14.7 Å². The van der Waals surface area contributed by atoms with Gasteiger partial charge in [0, 0.05) is 21.8 Å². The Morgan fingerprint density at radius 3 is 2.38 bits per heavy atom. The van der Waals surface area contributed by atoms with Gasteiger partial charge in [0.1, 0.15) is 0 Å². The summed E-state index contributed by atoms with van der Waals surface area (Å²) in [5.41, 5.74) is 0.398. The van der Waals surface area contributed by atoms with Gasteiger partial charge in [-0.15, -0.1) is 0 Å². The van der Waals surface area contributed by atoms with Crippen LogP contribution >= 0.6 is 10.7 Å². The molecule has 1 aromatic carbocycles. The third-order valence-electron chi connectivity index (χ3n) is 2.29. The lowest BCUT2D eigenvalue weighted by Gasteiger charge is -2.06. The lowest BCUT2D eigenvalue weighted by Crippen LogP contribution is -2.02. The number of aryl methyl sites for hydroxylation is 1. The van der Waals surface area contributed by atoms with E-state index in [4.69, 9.17) is 10.7 Å². The van der Waals surface area contributed by atoms with Crippen molar-refractivity contribution in [3.05, 3.63) is 33.4 Å². The summed E-state index contributed by atoms with van der Waals surface area (Å²) in [6.45, 7) is 3.14. The number of rotatable bonds is 3. The second-order valence-electron chi connectivity index (χ2n) is 3.24. The first-order valence-corrected chi connectivity index (χ1v) is 6.81. The molecule has 7 heteroatoms. The normalized spacial score (nSPS) is 11.4. The maximum absolute atomic E-state index is 11.2. The number of nitro benzene ring substituents is 1. The molecule has 88 valence electrons. The number of nitro groups is 1. The summed E-state index contributed by atoms with van der Waals surface area (Å²) in [6.07, 6.45) is 0.458. The third-order valence-corrected chi connectivity index (χ3v) is 3.76. The van der Waals surface area contributed by atoms with Gasteiger partial charge < -0.3 is 0 Å². The molecule has 0 saturated heterocycles. The highest BCUT2D eigenvalue weighted by Crippen LogP contribution is 2.30. The van der Waals surface area contributed by atoms with Crippen molar-refractivity contribution in [2.75, 3.05) is 0 Å². The predicted octanol–water partition coefficient (Wildman–Crippen LogP) is 2.39. The lowest BCUT2D eigenvalue weighted by atomic mass is 10.1. The molecule has 0 spiro atoms. The molecule has 0 aliphatic carbocycles. The number of hydrogen-bond acceptors (Lipinski definition) is 4. The summed E-state index contributed by atoms with van der Waals surface area (Å²) in [7, 11) is 1.24. The summed E-state index contributed by atoms with van der Waals surface area (Å²) >= 11 is 0. The Morgan fingerprint density at radius 1 is 1.44 bits per heavy atom. The Hall–Kier alpha value is -1.14. The van der Waals surface area contributed by atoms with Crippen molar-refractivity contribution >= 4 is 25.4 Å². The summed E-state index contributed by atoms with van der Waals surface area (Å²) in [6, 6.07) is 2.71. The molecule has 0 N–H and O–H groups in total. The zero-order valence-electron chi connectivity index (χ0n) is 8.73. The van der Waals surface area contributed by atoms with Crippen molar-refractivity contribution < 1.29 is 13.3 Å². The first kappa shape index (κ1) is 12.9. The topological polar surface area (TPSA) is 77.3 Å². The molecule has 0 saturated carbocycles. The first-order chi connectivity index (χ1) is 7.29. The SMILES string of the molecule is CCc1ccc(S(=O)(=O)Cl)c(C)c1[N+](=O)[O-]. The zero-order valence-corrected chi connectivity index (χ0v) is 10.3. The number of nitrogens with zero attached hydrogens (tertiary/aromatic N) is 1. The minimum atomic E-state index is -3.95. The Balaban J connectivity index is 3.63. The van der Waals surface area contributed by atoms with E-state index >= 15 is 0 Å². The molecule has 0 bridgehead atoms. The van der Waals surface area contributed by atoms with E-state index in [2.05, 4.69) is 0 Å². The molecule has 1 rings (SSSR count). The van der Waals surface area contributed by atoms with Gasteiger partial charge in [-0.1, -0.05) is 13.0 Å². The summed E-state index contributed by atoms with van der Waals surface area (Å²) in [5, 5.41) is 10.8. The van der Waals surface area contributed by atoms with Gasteiger partial charge in [-0.25, -0.2) is 8.42 Å². The number of halogens is 1. The van der Waals surface area contributed by atoms with E-state index in [9.17, 15) is 18.5 Å². The fraction of sp³-hybridized carbons (Fsp3) is 0.333. The molecule has 5 nitrogen and oxygen atoms in total. The van der Waals surface area contributed by atoms with Crippen LogP contribution in [0.1, 0.15) is 18.1 Å². The van der Waals surface area contributed by atoms with Crippen molar-refractivity contribution in [2.45, 2.75) is 25.2 Å². The van der Waals surface area contributed by atoms with Crippen molar-refractivity contribution in [1.82, 2.24) is 0 Å². The molecular formula is C9H10ClNO4S. The van der Waals surface area contributed by atoms with Crippen LogP contribution in [-0.4, -0.2) is 13.3 Å². The molecule has 0 fully saturated rings. The van der Waals surface area contributed by atoms with Gasteiger partial charge in [0.15, 0.2) is 0 Å². The molecular weight excluding hydrogens is 254 g/mol. The number of benzene rings is 1. The fourth-order valence-electron chi connectivity index (χ4n) is 1.54. The third kappa shape index (κ3) is 2.33. The first-order valence-electron chi connectivity index (χ1n) is 4.50. The zero-order chi connectivity index (χ0) is 12.5. The average Bonchev–Trinajstić information content (AvgIpc) is 2.14. The Bertz CT molecular complexity index is 539.